The lowest BCUT2D eigenvalue weighted by atomic mass is 10.1. The molecule has 1 fully saturated rings. The van der Waals surface area contributed by atoms with Gasteiger partial charge >= 0.3 is 0 Å². The fourth-order valence-corrected chi connectivity index (χ4v) is 2.47. The Labute approximate surface area is 106 Å². The molecule has 1 unspecified atom stereocenters. The summed E-state index contributed by atoms with van der Waals surface area (Å²) in [4.78, 5) is 15.2. The molecule has 1 atom stereocenters. The zero-order valence-electron chi connectivity index (χ0n) is 10.2. The van der Waals surface area contributed by atoms with Gasteiger partial charge in [-0.1, -0.05) is 0 Å². The van der Waals surface area contributed by atoms with Crippen LogP contribution in [0.25, 0.3) is 5.52 Å². The van der Waals surface area contributed by atoms with Crippen molar-refractivity contribution in [3.05, 3.63) is 35.9 Å². The number of fused-ring (bicyclic) bond motifs is 1. The van der Waals surface area contributed by atoms with E-state index in [0.717, 1.165) is 37.1 Å². The molecule has 4 nitrogen and oxygen atoms in total. The Morgan fingerprint density at radius 2 is 2.44 bits per heavy atom. The number of hydrogen-bond donors (Lipinski definition) is 0. The van der Waals surface area contributed by atoms with E-state index in [1.165, 1.54) is 12.8 Å². The molecule has 0 saturated carbocycles. The number of pyridine rings is 1. The third-order valence-electron chi connectivity index (χ3n) is 3.45. The van der Waals surface area contributed by atoms with Gasteiger partial charge < -0.3 is 9.14 Å². The van der Waals surface area contributed by atoms with Crippen molar-refractivity contribution in [2.45, 2.75) is 31.8 Å². The number of aldehydes is 1. The van der Waals surface area contributed by atoms with Crippen LogP contribution < -0.4 is 0 Å². The fraction of sp³-hybridized carbons (Fsp3) is 0.429. The predicted molar refractivity (Wildman–Crippen MR) is 67.9 cm³/mol. The fourth-order valence-electron chi connectivity index (χ4n) is 2.47. The van der Waals surface area contributed by atoms with Crippen molar-refractivity contribution in [1.82, 2.24) is 9.38 Å². The standard InChI is InChI=1S/C14H16N2O2/c17-10-11-4-5-16-12(7-11)9-15-14(16)8-13-3-1-2-6-18-13/h4-5,7,9-10,13H,1-3,6,8H2. The highest BCUT2D eigenvalue weighted by Crippen LogP contribution is 2.18. The maximum atomic E-state index is 10.7. The summed E-state index contributed by atoms with van der Waals surface area (Å²) >= 11 is 0. The number of rotatable bonds is 3. The summed E-state index contributed by atoms with van der Waals surface area (Å²) in [5, 5.41) is 0. The molecule has 0 aliphatic carbocycles. The number of nitrogens with zero attached hydrogens (tertiary/aromatic N) is 2. The number of aromatic nitrogens is 2. The van der Waals surface area contributed by atoms with E-state index in [2.05, 4.69) is 4.98 Å². The van der Waals surface area contributed by atoms with Crippen molar-refractivity contribution >= 4 is 11.8 Å². The Hall–Kier alpha value is -1.68. The van der Waals surface area contributed by atoms with Gasteiger partial charge in [-0.05, 0) is 31.4 Å². The Morgan fingerprint density at radius 1 is 1.50 bits per heavy atom. The molecule has 0 spiro atoms. The van der Waals surface area contributed by atoms with Crippen LogP contribution in [0.2, 0.25) is 0 Å². The predicted octanol–water partition coefficient (Wildman–Crippen LogP) is 2.26. The van der Waals surface area contributed by atoms with Crippen molar-refractivity contribution in [3.63, 3.8) is 0 Å². The minimum absolute atomic E-state index is 0.287. The van der Waals surface area contributed by atoms with Crippen molar-refractivity contribution in [2.75, 3.05) is 6.61 Å². The van der Waals surface area contributed by atoms with E-state index in [4.69, 9.17) is 4.74 Å². The smallest absolute Gasteiger partial charge is 0.150 e. The van der Waals surface area contributed by atoms with Gasteiger partial charge in [0.2, 0.25) is 0 Å². The first-order valence-electron chi connectivity index (χ1n) is 6.39. The van der Waals surface area contributed by atoms with E-state index in [9.17, 15) is 4.79 Å². The second-order valence-electron chi connectivity index (χ2n) is 4.74. The van der Waals surface area contributed by atoms with E-state index in [0.29, 0.717) is 5.56 Å². The molecule has 1 aliphatic heterocycles. The highest BCUT2D eigenvalue weighted by molar-refractivity contribution is 5.77. The van der Waals surface area contributed by atoms with Gasteiger partial charge in [0.1, 0.15) is 12.1 Å². The molecule has 0 N–H and O–H groups in total. The summed E-state index contributed by atoms with van der Waals surface area (Å²) in [7, 11) is 0. The van der Waals surface area contributed by atoms with Crippen LogP contribution in [0.3, 0.4) is 0 Å². The third kappa shape index (κ3) is 2.16. The summed E-state index contributed by atoms with van der Waals surface area (Å²) in [6.07, 6.45) is 9.22. The molecular formula is C14H16N2O2. The average molecular weight is 244 g/mol. The Balaban J connectivity index is 1.85. The first kappa shape index (κ1) is 11.4. The first-order chi connectivity index (χ1) is 8.86. The molecule has 4 heteroatoms. The summed E-state index contributed by atoms with van der Waals surface area (Å²) in [5.74, 6) is 1.01. The van der Waals surface area contributed by atoms with Crippen molar-refractivity contribution in [3.8, 4) is 0 Å². The van der Waals surface area contributed by atoms with E-state index in [-0.39, 0.29) is 6.10 Å². The van der Waals surface area contributed by atoms with Crippen LogP contribution in [0.5, 0.6) is 0 Å². The summed E-state index contributed by atoms with van der Waals surface area (Å²) in [6.45, 7) is 0.864. The molecule has 1 aliphatic rings. The van der Waals surface area contributed by atoms with Gasteiger partial charge in [-0.25, -0.2) is 4.98 Å². The van der Waals surface area contributed by atoms with Crippen LogP contribution >= 0.6 is 0 Å². The largest absolute Gasteiger partial charge is 0.378 e. The highest BCUT2D eigenvalue weighted by atomic mass is 16.5. The van der Waals surface area contributed by atoms with Crippen molar-refractivity contribution in [2.24, 2.45) is 0 Å². The number of ether oxygens (including phenoxy) is 1. The normalized spacial score (nSPS) is 20.1. The van der Waals surface area contributed by atoms with Crippen LogP contribution in [0.15, 0.2) is 24.5 Å². The van der Waals surface area contributed by atoms with Crippen molar-refractivity contribution in [1.29, 1.82) is 0 Å². The Kier molecular flexibility index (Phi) is 3.11. The summed E-state index contributed by atoms with van der Waals surface area (Å²) in [6, 6.07) is 3.66. The lowest BCUT2D eigenvalue weighted by Crippen LogP contribution is -2.22. The maximum Gasteiger partial charge on any atom is 0.150 e. The molecule has 3 heterocycles. The molecule has 0 aromatic carbocycles. The van der Waals surface area contributed by atoms with E-state index in [1.54, 1.807) is 0 Å². The molecular weight excluding hydrogens is 228 g/mol. The Morgan fingerprint density at radius 3 is 3.22 bits per heavy atom. The SMILES string of the molecule is O=Cc1ccn2c(CC3CCCCO3)ncc2c1. The highest BCUT2D eigenvalue weighted by Gasteiger charge is 2.16. The summed E-state index contributed by atoms with van der Waals surface area (Å²) in [5.41, 5.74) is 1.65. The second kappa shape index (κ2) is 4.90. The maximum absolute atomic E-state index is 10.7. The number of hydrogen-bond acceptors (Lipinski definition) is 3. The summed E-state index contributed by atoms with van der Waals surface area (Å²) < 4.78 is 7.77. The Bertz CT molecular complexity index is 556. The second-order valence-corrected chi connectivity index (χ2v) is 4.74. The molecule has 2 aromatic rings. The lowest BCUT2D eigenvalue weighted by molar-refractivity contribution is 0.0156. The minimum atomic E-state index is 0.287. The quantitative estimate of drug-likeness (QED) is 0.778. The average Bonchev–Trinajstić information content (AvgIpc) is 2.82. The molecule has 94 valence electrons. The van der Waals surface area contributed by atoms with Gasteiger partial charge in [0.15, 0.2) is 0 Å². The van der Waals surface area contributed by atoms with Gasteiger partial charge in [0.25, 0.3) is 0 Å². The van der Waals surface area contributed by atoms with Crippen LogP contribution in [-0.4, -0.2) is 28.4 Å². The van der Waals surface area contributed by atoms with E-state index >= 15 is 0 Å². The van der Waals surface area contributed by atoms with Crippen LogP contribution in [0.1, 0.15) is 35.4 Å². The monoisotopic (exact) mass is 244 g/mol. The zero-order chi connectivity index (χ0) is 12.4. The number of imidazole rings is 1. The van der Waals surface area contributed by atoms with Crippen LogP contribution in [0.4, 0.5) is 0 Å². The van der Waals surface area contributed by atoms with Gasteiger partial charge in [0, 0.05) is 24.8 Å². The third-order valence-corrected chi connectivity index (χ3v) is 3.45. The molecule has 2 aromatic heterocycles. The van der Waals surface area contributed by atoms with Gasteiger partial charge in [-0.3, -0.25) is 4.79 Å². The van der Waals surface area contributed by atoms with E-state index in [1.807, 2.05) is 28.9 Å². The van der Waals surface area contributed by atoms with E-state index < -0.39 is 0 Å². The van der Waals surface area contributed by atoms with Crippen molar-refractivity contribution < 1.29 is 9.53 Å². The lowest BCUT2D eigenvalue weighted by Gasteiger charge is -2.21. The molecule has 18 heavy (non-hydrogen) atoms. The zero-order valence-corrected chi connectivity index (χ0v) is 10.2. The molecule has 3 rings (SSSR count). The van der Waals surface area contributed by atoms with Crippen LogP contribution in [0, 0.1) is 0 Å². The molecule has 1 saturated heterocycles. The van der Waals surface area contributed by atoms with Gasteiger partial charge in [-0.2, -0.15) is 0 Å². The number of carbonyl (C=O) groups is 1. The molecule has 0 amide bonds. The van der Waals surface area contributed by atoms with Gasteiger partial charge in [-0.15, -0.1) is 0 Å². The molecule has 0 radical (unpaired) electrons. The van der Waals surface area contributed by atoms with Crippen LogP contribution in [-0.2, 0) is 11.2 Å². The first-order valence-corrected chi connectivity index (χ1v) is 6.39. The van der Waals surface area contributed by atoms with Gasteiger partial charge in [0.05, 0.1) is 17.8 Å². The number of carbonyl (C=O) groups excluding carboxylic acids is 1. The minimum Gasteiger partial charge on any atom is -0.378 e. The molecule has 0 bridgehead atoms. The topological polar surface area (TPSA) is 43.6 Å².